The predicted octanol–water partition coefficient (Wildman–Crippen LogP) is 3.48. The number of rotatable bonds is 7. The number of hydrazone groups is 1. The SMILES string of the molecule is Cc1cc(C)c(S(=O)(=O)N(CC(=O)NN=Cc2ccncc2)C2CCCCC2)c(C)c1. The van der Waals surface area contributed by atoms with Gasteiger partial charge >= 0.3 is 0 Å². The molecule has 1 aromatic heterocycles. The summed E-state index contributed by atoms with van der Waals surface area (Å²) in [6.07, 6.45) is 9.31. The van der Waals surface area contributed by atoms with Gasteiger partial charge < -0.3 is 0 Å². The molecular formula is C23H30N4O3S. The molecule has 0 radical (unpaired) electrons. The lowest BCUT2D eigenvalue weighted by Crippen LogP contribution is -2.46. The molecule has 8 heteroatoms. The summed E-state index contributed by atoms with van der Waals surface area (Å²) in [5, 5.41) is 3.97. The zero-order valence-electron chi connectivity index (χ0n) is 18.3. The minimum Gasteiger partial charge on any atom is -0.272 e. The van der Waals surface area contributed by atoms with E-state index in [0.717, 1.165) is 43.2 Å². The quantitative estimate of drug-likeness (QED) is 0.525. The molecule has 0 unspecified atom stereocenters. The van der Waals surface area contributed by atoms with Crippen molar-refractivity contribution in [2.24, 2.45) is 5.10 Å². The van der Waals surface area contributed by atoms with Crippen molar-refractivity contribution in [3.8, 4) is 0 Å². The second-order valence-corrected chi connectivity index (χ2v) is 9.97. The van der Waals surface area contributed by atoms with Gasteiger partial charge in [0.05, 0.1) is 17.7 Å². The Bertz CT molecular complexity index is 1020. The first-order valence-corrected chi connectivity index (χ1v) is 12.0. The molecule has 1 amide bonds. The van der Waals surface area contributed by atoms with Crippen LogP contribution in [-0.2, 0) is 14.8 Å². The van der Waals surface area contributed by atoms with E-state index < -0.39 is 15.9 Å². The van der Waals surface area contributed by atoms with Crippen molar-refractivity contribution in [1.82, 2.24) is 14.7 Å². The Morgan fingerprint density at radius 3 is 2.35 bits per heavy atom. The highest BCUT2D eigenvalue weighted by molar-refractivity contribution is 7.89. The number of hydrogen-bond donors (Lipinski definition) is 1. The smallest absolute Gasteiger partial charge is 0.255 e. The first-order chi connectivity index (χ1) is 14.8. The van der Waals surface area contributed by atoms with Crippen molar-refractivity contribution in [2.45, 2.75) is 63.8 Å². The van der Waals surface area contributed by atoms with Crippen molar-refractivity contribution in [2.75, 3.05) is 6.54 Å². The van der Waals surface area contributed by atoms with Gasteiger partial charge in [0, 0.05) is 18.4 Å². The van der Waals surface area contributed by atoms with E-state index in [-0.39, 0.29) is 12.6 Å². The van der Waals surface area contributed by atoms with E-state index in [1.165, 1.54) is 10.5 Å². The number of aryl methyl sites for hydroxylation is 3. The van der Waals surface area contributed by atoms with Gasteiger partial charge in [-0.3, -0.25) is 9.78 Å². The highest BCUT2D eigenvalue weighted by Gasteiger charge is 2.35. The number of benzene rings is 1. The molecule has 1 heterocycles. The number of aromatic nitrogens is 1. The molecule has 7 nitrogen and oxygen atoms in total. The second kappa shape index (κ2) is 10.2. The van der Waals surface area contributed by atoms with Gasteiger partial charge in [-0.25, -0.2) is 13.8 Å². The van der Waals surface area contributed by atoms with Crippen LogP contribution in [0.5, 0.6) is 0 Å². The van der Waals surface area contributed by atoms with Gasteiger partial charge in [-0.2, -0.15) is 9.41 Å². The molecule has 31 heavy (non-hydrogen) atoms. The maximum atomic E-state index is 13.7. The molecule has 1 N–H and O–H groups in total. The molecule has 1 aliphatic rings. The van der Waals surface area contributed by atoms with Gasteiger partial charge in [0.2, 0.25) is 10.0 Å². The van der Waals surface area contributed by atoms with Gasteiger partial charge in [-0.05, 0) is 62.4 Å². The van der Waals surface area contributed by atoms with E-state index in [1.54, 1.807) is 24.5 Å². The Morgan fingerprint density at radius 2 is 1.74 bits per heavy atom. The molecular weight excluding hydrogens is 412 g/mol. The molecule has 0 aliphatic heterocycles. The number of carbonyl (C=O) groups excluding carboxylic acids is 1. The summed E-state index contributed by atoms with van der Waals surface area (Å²) in [5.41, 5.74) is 5.68. The monoisotopic (exact) mass is 442 g/mol. The summed E-state index contributed by atoms with van der Waals surface area (Å²) in [4.78, 5) is 16.9. The summed E-state index contributed by atoms with van der Waals surface area (Å²) in [6, 6.07) is 7.08. The molecule has 2 aromatic rings. The van der Waals surface area contributed by atoms with Crippen molar-refractivity contribution < 1.29 is 13.2 Å². The number of hydrogen-bond acceptors (Lipinski definition) is 5. The van der Waals surface area contributed by atoms with Crippen molar-refractivity contribution in [3.63, 3.8) is 0 Å². The van der Waals surface area contributed by atoms with Crippen LogP contribution in [0.2, 0.25) is 0 Å². The van der Waals surface area contributed by atoms with Gasteiger partial charge in [-0.15, -0.1) is 0 Å². The van der Waals surface area contributed by atoms with Gasteiger partial charge in [-0.1, -0.05) is 37.0 Å². The maximum absolute atomic E-state index is 13.7. The summed E-state index contributed by atoms with van der Waals surface area (Å²) >= 11 is 0. The molecule has 1 aliphatic carbocycles. The predicted molar refractivity (Wildman–Crippen MR) is 121 cm³/mol. The Labute approximate surface area is 184 Å². The highest BCUT2D eigenvalue weighted by Crippen LogP contribution is 2.31. The van der Waals surface area contributed by atoms with Gasteiger partial charge in [0.1, 0.15) is 0 Å². The lowest BCUT2D eigenvalue weighted by atomic mass is 9.95. The third kappa shape index (κ3) is 5.77. The van der Waals surface area contributed by atoms with Crippen LogP contribution < -0.4 is 5.43 Å². The van der Waals surface area contributed by atoms with Crippen LogP contribution >= 0.6 is 0 Å². The summed E-state index contributed by atoms with van der Waals surface area (Å²) < 4.78 is 28.8. The Hall–Kier alpha value is -2.58. The van der Waals surface area contributed by atoms with Crippen LogP contribution in [0.3, 0.4) is 0 Å². The van der Waals surface area contributed by atoms with Crippen LogP contribution in [0.25, 0.3) is 0 Å². The van der Waals surface area contributed by atoms with Crippen LogP contribution in [0, 0.1) is 20.8 Å². The lowest BCUT2D eigenvalue weighted by molar-refractivity contribution is -0.121. The summed E-state index contributed by atoms with van der Waals surface area (Å²) in [6.45, 7) is 5.31. The largest absolute Gasteiger partial charge is 0.272 e. The van der Waals surface area contributed by atoms with E-state index >= 15 is 0 Å². The van der Waals surface area contributed by atoms with Crippen LogP contribution in [0.1, 0.15) is 54.4 Å². The summed E-state index contributed by atoms with van der Waals surface area (Å²) in [5.74, 6) is -0.457. The van der Waals surface area contributed by atoms with Gasteiger partial charge in [0.25, 0.3) is 5.91 Å². The van der Waals surface area contributed by atoms with Crippen molar-refractivity contribution >= 4 is 22.1 Å². The second-order valence-electron chi connectivity index (χ2n) is 8.14. The van der Waals surface area contributed by atoms with Crippen molar-refractivity contribution in [1.29, 1.82) is 0 Å². The Kier molecular flexibility index (Phi) is 7.56. The summed E-state index contributed by atoms with van der Waals surface area (Å²) in [7, 11) is -3.84. The van der Waals surface area contributed by atoms with Crippen molar-refractivity contribution in [3.05, 3.63) is 58.9 Å². The molecule has 0 saturated heterocycles. The normalized spacial score (nSPS) is 15.5. The molecule has 166 valence electrons. The standard InChI is InChI=1S/C23H30N4O3S/c1-17-13-18(2)23(19(3)14-17)31(29,30)27(21-7-5-4-6-8-21)16-22(28)26-25-15-20-9-11-24-12-10-20/h9-15,21H,4-8,16H2,1-3H3,(H,26,28). The fourth-order valence-electron chi connectivity index (χ4n) is 4.28. The zero-order chi connectivity index (χ0) is 22.4. The molecule has 0 spiro atoms. The number of amides is 1. The Balaban J connectivity index is 1.84. The molecule has 3 rings (SSSR count). The zero-order valence-corrected chi connectivity index (χ0v) is 19.2. The fraction of sp³-hybridized carbons (Fsp3) is 0.435. The minimum absolute atomic E-state index is 0.186. The van der Waals surface area contributed by atoms with Crippen LogP contribution in [0.15, 0.2) is 46.7 Å². The third-order valence-electron chi connectivity index (χ3n) is 5.56. The molecule has 1 aromatic carbocycles. The lowest BCUT2D eigenvalue weighted by Gasteiger charge is -2.33. The van der Waals surface area contributed by atoms with Crippen LogP contribution in [0.4, 0.5) is 0 Å². The Morgan fingerprint density at radius 1 is 1.13 bits per heavy atom. The third-order valence-corrected chi connectivity index (χ3v) is 7.77. The van der Waals surface area contributed by atoms with Crippen LogP contribution in [-0.4, -0.2) is 42.4 Å². The number of sulfonamides is 1. The van der Waals surface area contributed by atoms with E-state index in [9.17, 15) is 13.2 Å². The number of pyridine rings is 1. The molecule has 0 bridgehead atoms. The minimum atomic E-state index is -3.84. The highest BCUT2D eigenvalue weighted by atomic mass is 32.2. The average Bonchev–Trinajstić information content (AvgIpc) is 2.72. The molecule has 1 fully saturated rings. The first-order valence-electron chi connectivity index (χ1n) is 10.6. The molecule has 1 saturated carbocycles. The fourth-order valence-corrected chi connectivity index (χ4v) is 6.33. The van der Waals surface area contributed by atoms with E-state index in [0.29, 0.717) is 16.0 Å². The first kappa shape index (κ1) is 23.1. The van der Waals surface area contributed by atoms with E-state index in [4.69, 9.17) is 0 Å². The number of nitrogens with zero attached hydrogens (tertiary/aromatic N) is 3. The maximum Gasteiger partial charge on any atom is 0.255 e. The van der Waals surface area contributed by atoms with E-state index in [2.05, 4.69) is 15.5 Å². The van der Waals surface area contributed by atoms with Gasteiger partial charge in [0.15, 0.2) is 0 Å². The topological polar surface area (TPSA) is 91.7 Å². The van der Waals surface area contributed by atoms with E-state index in [1.807, 2.05) is 32.9 Å². The number of carbonyl (C=O) groups is 1. The molecule has 0 atom stereocenters. The average molecular weight is 443 g/mol. The number of nitrogens with one attached hydrogen (secondary N) is 1.